The van der Waals surface area contributed by atoms with Gasteiger partial charge in [0, 0.05) is 0 Å². The van der Waals surface area contributed by atoms with Gasteiger partial charge in [0.1, 0.15) is 0 Å². The molecule has 0 heteroatoms. The fraction of sp³-hybridized carbons (Fsp3) is 0.364. The monoisotopic (exact) mass is 294 g/mol. The van der Waals surface area contributed by atoms with Crippen LogP contribution in [0, 0.1) is 12.8 Å². The molecule has 0 saturated carbocycles. The third kappa shape index (κ3) is 4.87. The molecule has 0 aliphatic carbocycles. The minimum atomic E-state index is 0.508. The van der Waals surface area contributed by atoms with Crippen molar-refractivity contribution >= 4 is 5.57 Å². The Morgan fingerprint density at radius 3 is 2.09 bits per heavy atom. The van der Waals surface area contributed by atoms with Gasteiger partial charge in [-0.2, -0.15) is 0 Å². The number of allylic oxidation sites excluding steroid dienone is 7. The second kappa shape index (κ2) is 7.98. The van der Waals surface area contributed by atoms with Gasteiger partial charge in [-0.25, -0.2) is 0 Å². The van der Waals surface area contributed by atoms with Crippen molar-refractivity contribution in [1.29, 1.82) is 0 Å². The van der Waals surface area contributed by atoms with Gasteiger partial charge in [-0.15, -0.1) is 0 Å². The molecular formula is C22H30. The van der Waals surface area contributed by atoms with Crippen LogP contribution in [0.15, 0.2) is 65.3 Å². The first-order valence-corrected chi connectivity index (χ1v) is 8.03. The highest BCUT2D eigenvalue weighted by Crippen LogP contribution is 2.28. The van der Waals surface area contributed by atoms with Crippen molar-refractivity contribution in [1.82, 2.24) is 0 Å². The molecule has 0 aliphatic heterocycles. The quantitative estimate of drug-likeness (QED) is 0.518. The summed E-state index contributed by atoms with van der Waals surface area (Å²) < 4.78 is 0. The van der Waals surface area contributed by atoms with E-state index in [4.69, 9.17) is 0 Å². The van der Waals surface area contributed by atoms with Crippen molar-refractivity contribution in [3.63, 3.8) is 0 Å². The number of hydrogen-bond donors (Lipinski definition) is 0. The highest BCUT2D eigenvalue weighted by molar-refractivity contribution is 5.71. The zero-order valence-electron chi connectivity index (χ0n) is 15.2. The van der Waals surface area contributed by atoms with Gasteiger partial charge in [0.15, 0.2) is 0 Å². The number of hydrogen-bond acceptors (Lipinski definition) is 0. The van der Waals surface area contributed by atoms with Gasteiger partial charge in [0.05, 0.1) is 0 Å². The lowest BCUT2D eigenvalue weighted by Gasteiger charge is -2.15. The van der Waals surface area contributed by atoms with E-state index in [0.29, 0.717) is 5.92 Å². The van der Waals surface area contributed by atoms with Crippen LogP contribution in [0.25, 0.3) is 5.57 Å². The van der Waals surface area contributed by atoms with E-state index in [0.717, 1.165) is 5.57 Å². The third-order valence-corrected chi connectivity index (χ3v) is 3.72. The number of rotatable bonds is 5. The minimum absolute atomic E-state index is 0.508. The third-order valence-electron chi connectivity index (χ3n) is 3.72. The standard InChI is InChI=1S/C22H30/c1-15(2)13-21(16(3)4)22(17(5)6)14-19(8)20-12-10-9-11-18(20)7/h9-15H,3H2,1-2,4-8H3/b19-14+,21-13-. The van der Waals surface area contributed by atoms with E-state index < -0.39 is 0 Å². The molecule has 118 valence electrons. The molecule has 0 fully saturated rings. The van der Waals surface area contributed by atoms with Crippen LogP contribution in [-0.2, 0) is 0 Å². The molecule has 22 heavy (non-hydrogen) atoms. The second-order valence-electron chi connectivity index (χ2n) is 6.66. The van der Waals surface area contributed by atoms with Crippen LogP contribution >= 0.6 is 0 Å². The van der Waals surface area contributed by atoms with Gasteiger partial charge in [-0.1, -0.05) is 68.0 Å². The molecule has 0 N–H and O–H groups in total. The van der Waals surface area contributed by atoms with Gasteiger partial charge in [-0.3, -0.25) is 0 Å². The van der Waals surface area contributed by atoms with Crippen molar-refractivity contribution in [2.24, 2.45) is 5.92 Å². The second-order valence-corrected chi connectivity index (χ2v) is 6.66. The summed E-state index contributed by atoms with van der Waals surface area (Å²) in [6, 6.07) is 8.55. The van der Waals surface area contributed by atoms with Crippen molar-refractivity contribution in [2.45, 2.75) is 48.5 Å². The summed E-state index contributed by atoms with van der Waals surface area (Å²) in [5.41, 5.74) is 8.93. The molecule has 0 radical (unpaired) electrons. The molecular weight excluding hydrogens is 264 g/mol. The number of benzene rings is 1. The average Bonchev–Trinajstić information content (AvgIpc) is 2.42. The van der Waals surface area contributed by atoms with E-state index in [-0.39, 0.29) is 0 Å². The minimum Gasteiger partial charge on any atom is -0.0955 e. The van der Waals surface area contributed by atoms with Crippen LogP contribution in [0.3, 0.4) is 0 Å². The Morgan fingerprint density at radius 1 is 1.05 bits per heavy atom. The van der Waals surface area contributed by atoms with Crippen LogP contribution in [0.4, 0.5) is 0 Å². The normalized spacial score (nSPS) is 12.5. The first-order chi connectivity index (χ1) is 10.2. The molecule has 0 unspecified atom stereocenters. The molecule has 0 heterocycles. The molecule has 0 aromatic heterocycles. The SMILES string of the molecule is C=C(C)/C(=C/C(C)C)C(/C=C(\C)c1ccccc1C)=C(C)C. The van der Waals surface area contributed by atoms with Gasteiger partial charge in [0.25, 0.3) is 0 Å². The van der Waals surface area contributed by atoms with E-state index in [1.54, 1.807) is 0 Å². The Morgan fingerprint density at radius 2 is 1.64 bits per heavy atom. The summed E-state index contributed by atoms with van der Waals surface area (Å²) in [5, 5.41) is 0. The van der Waals surface area contributed by atoms with Crippen LogP contribution in [0.2, 0.25) is 0 Å². The highest BCUT2D eigenvalue weighted by Gasteiger charge is 2.09. The lowest BCUT2D eigenvalue weighted by molar-refractivity contribution is 0.824. The van der Waals surface area contributed by atoms with Crippen molar-refractivity contribution in [3.8, 4) is 0 Å². The maximum Gasteiger partial charge on any atom is -0.0195 e. The lowest BCUT2D eigenvalue weighted by Crippen LogP contribution is -1.96. The summed E-state index contributed by atoms with van der Waals surface area (Å²) >= 11 is 0. The van der Waals surface area contributed by atoms with E-state index in [2.05, 4.69) is 91.5 Å². The van der Waals surface area contributed by atoms with E-state index >= 15 is 0 Å². The molecule has 0 amide bonds. The molecule has 0 bridgehead atoms. The van der Waals surface area contributed by atoms with Gasteiger partial charge >= 0.3 is 0 Å². The van der Waals surface area contributed by atoms with Crippen LogP contribution in [-0.4, -0.2) is 0 Å². The lowest BCUT2D eigenvalue weighted by atomic mass is 9.90. The highest BCUT2D eigenvalue weighted by atomic mass is 14.1. The van der Waals surface area contributed by atoms with Crippen molar-refractivity contribution in [2.75, 3.05) is 0 Å². The Labute approximate surface area is 137 Å². The smallest absolute Gasteiger partial charge is 0.0195 e. The predicted octanol–water partition coefficient (Wildman–Crippen LogP) is 6.89. The summed E-state index contributed by atoms with van der Waals surface area (Å²) in [7, 11) is 0. The predicted molar refractivity (Wildman–Crippen MR) is 101 cm³/mol. The molecule has 0 spiro atoms. The summed E-state index contributed by atoms with van der Waals surface area (Å²) in [5.74, 6) is 0.508. The average molecular weight is 294 g/mol. The fourth-order valence-electron chi connectivity index (χ4n) is 2.60. The zero-order chi connectivity index (χ0) is 16.9. The van der Waals surface area contributed by atoms with Gasteiger partial charge in [0.2, 0.25) is 0 Å². The van der Waals surface area contributed by atoms with Gasteiger partial charge < -0.3 is 0 Å². The van der Waals surface area contributed by atoms with Crippen LogP contribution in [0.1, 0.15) is 52.7 Å². The summed E-state index contributed by atoms with van der Waals surface area (Å²) in [4.78, 5) is 0. The van der Waals surface area contributed by atoms with Crippen LogP contribution in [0.5, 0.6) is 0 Å². The van der Waals surface area contributed by atoms with Gasteiger partial charge in [-0.05, 0) is 68.4 Å². The molecule has 0 atom stereocenters. The molecule has 1 aromatic carbocycles. The van der Waals surface area contributed by atoms with Crippen LogP contribution < -0.4 is 0 Å². The van der Waals surface area contributed by atoms with E-state index in [1.807, 2.05) is 0 Å². The molecule has 1 aromatic rings. The number of aryl methyl sites for hydroxylation is 1. The largest absolute Gasteiger partial charge is 0.0955 e. The Bertz CT molecular complexity index is 630. The topological polar surface area (TPSA) is 0 Å². The summed E-state index contributed by atoms with van der Waals surface area (Å²) in [6.07, 6.45) is 4.62. The Hall–Kier alpha value is -1.82. The Balaban J connectivity index is 3.41. The van der Waals surface area contributed by atoms with Crippen molar-refractivity contribution < 1.29 is 0 Å². The maximum absolute atomic E-state index is 4.18. The van der Waals surface area contributed by atoms with E-state index in [9.17, 15) is 0 Å². The van der Waals surface area contributed by atoms with Crippen molar-refractivity contribution in [3.05, 3.63) is 76.4 Å². The maximum atomic E-state index is 4.18. The zero-order valence-corrected chi connectivity index (χ0v) is 15.2. The Kier molecular flexibility index (Phi) is 6.61. The summed E-state index contributed by atoms with van der Waals surface area (Å²) in [6.45, 7) is 19.4. The fourth-order valence-corrected chi connectivity index (χ4v) is 2.60. The molecule has 0 saturated heterocycles. The first-order valence-electron chi connectivity index (χ1n) is 8.03. The van der Waals surface area contributed by atoms with E-state index in [1.165, 1.54) is 33.4 Å². The first kappa shape index (κ1) is 18.2. The molecule has 1 rings (SSSR count). The molecule has 0 aliphatic rings. The molecule has 0 nitrogen and oxygen atoms in total.